The predicted octanol–water partition coefficient (Wildman–Crippen LogP) is 3.45. The maximum absolute atomic E-state index is 11.6. The molecule has 0 fully saturated rings. The summed E-state index contributed by atoms with van der Waals surface area (Å²) in [6, 6.07) is 5.63. The summed E-state index contributed by atoms with van der Waals surface area (Å²) in [5.74, 6) is 1.61. The van der Waals surface area contributed by atoms with Crippen LogP contribution in [0.1, 0.15) is 20.8 Å². The number of H-pyrrole nitrogens is 1. The molecule has 0 aliphatic carbocycles. The average molecular weight is 292 g/mol. The summed E-state index contributed by atoms with van der Waals surface area (Å²) in [6.07, 6.45) is 0. The lowest BCUT2D eigenvalue weighted by molar-refractivity contribution is 0.343. The number of benzene rings is 1. The topological polar surface area (TPSA) is 45.3 Å². The van der Waals surface area contributed by atoms with E-state index in [1.807, 2.05) is 26.8 Å². The number of aromatic nitrogens is 1. The molecule has 1 aliphatic heterocycles. The molecule has 2 heterocycles. The Bertz CT molecular complexity index is 667. The Kier molecular flexibility index (Phi) is 4.60. The molecule has 0 unspecified atom stereocenters. The van der Waals surface area contributed by atoms with Crippen molar-refractivity contribution >= 4 is 28.4 Å². The van der Waals surface area contributed by atoms with Crippen molar-refractivity contribution in [3.05, 3.63) is 28.6 Å². The first-order valence-electron chi connectivity index (χ1n) is 6.87. The van der Waals surface area contributed by atoms with Crippen LogP contribution in [0.25, 0.3) is 10.9 Å². The molecule has 1 N–H and O–H groups in total. The smallest absolute Gasteiger partial charge is 0.252 e. The lowest BCUT2D eigenvalue weighted by Gasteiger charge is -2.12. The Morgan fingerprint density at radius 3 is 2.80 bits per heavy atom. The fourth-order valence-electron chi connectivity index (χ4n) is 2.17. The third-order valence-corrected chi connectivity index (χ3v) is 4.16. The number of hydrogen-bond acceptors (Lipinski definition) is 4. The Balaban J connectivity index is 0.000000704. The first-order chi connectivity index (χ1) is 9.69. The van der Waals surface area contributed by atoms with E-state index in [1.165, 1.54) is 11.0 Å². The SMILES string of the molecule is CC.CCOc1cc(=O)[nH]c2cc3c(cc12)SCN3C. The van der Waals surface area contributed by atoms with Gasteiger partial charge < -0.3 is 14.6 Å². The third kappa shape index (κ3) is 2.63. The van der Waals surface area contributed by atoms with Crippen LogP contribution in [0.5, 0.6) is 5.75 Å². The molecule has 0 amide bonds. The van der Waals surface area contributed by atoms with Gasteiger partial charge in [-0.05, 0) is 19.1 Å². The van der Waals surface area contributed by atoms with Gasteiger partial charge in [0.15, 0.2) is 0 Å². The molecular weight excluding hydrogens is 272 g/mol. The lowest BCUT2D eigenvalue weighted by Crippen LogP contribution is -2.11. The second kappa shape index (κ2) is 6.22. The number of anilines is 1. The van der Waals surface area contributed by atoms with Crippen molar-refractivity contribution in [2.24, 2.45) is 0 Å². The van der Waals surface area contributed by atoms with Crippen molar-refractivity contribution in [2.75, 3.05) is 24.4 Å². The maximum atomic E-state index is 11.6. The summed E-state index contributed by atoms with van der Waals surface area (Å²) in [7, 11) is 2.05. The maximum Gasteiger partial charge on any atom is 0.252 e. The van der Waals surface area contributed by atoms with E-state index in [1.54, 1.807) is 11.8 Å². The van der Waals surface area contributed by atoms with Crippen molar-refractivity contribution in [1.29, 1.82) is 0 Å². The van der Waals surface area contributed by atoms with Crippen LogP contribution in [0.3, 0.4) is 0 Å². The number of pyridine rings is 1. The molecule has 3 rings (SSSR count). The van der Waals surface area contributed by atoms with Crippen LogP contribution in [0, 0.1) is 0 Å². The molecule has 0 spiro atoms. The Labute approximate surface area is 123 Å². The highest BCUT2D eigenvalue weighted by Crippen LogP contribution is 2.41. The van der Waals surface area contributed by atoms with Crippen LogP contribution in [0.15, 0.2) is 27.9 Å². The number of aromatic amines is 1. The van der Waals surface area contributed by atoms with Gasteiger partial charge in [0.2, 0.25) is 0 Å². The van der Waals surface area contributed by atoms with E-state index in [9.17, 15) is 4.79 Å². The van der Waals surface area contributed by atoms with Crippen LogP contribution in [-0.2, 0) is 0 Å². The van der Waals surface area contributed by atoms with Crippen molar-refractivity contribution in [1.82, 2.24) is 4.98 Å². The summed E-state index contributed by atoms with van der Waals surface area (Å²) < 4.78 is 5.54. The number of thioether (sulfide) groups is 1. The molecule has 2 aromatic rings. The largest absolute Gasteiger partial charge is 0.493 e. The monoisotopic (exact) mass is 292 g/mol. The molecule has 0 radical (unpaired) electrons. The molecule has 0 bridgehead atoms. The molecule has 5 heteroatoms. The Morgan fingerprint density at radius 2 is 2.10 bits per heavy atom. The van der Waals surface area contributed by atoms with E-state index in [-0.39, 0.29) is 5.56 Å². The molecule has 4 nitrogen and oxygen atoms in total. The van der Waals surface area contributed by atoms with Crippen LogP contribution < -0.4 is 15.2 Å². The van der Waals surface area contributed by atoms with Crippen LogP contribution >= 0.6 is 11.8 Å². The number of nitrogens with zero attached hydrogens (tertiary/aromatic N) is 1. The zero-order valence-corrected chi connectivity index (χ0v) is 13.1. The van der Waals surface area contributed by atoms with Crippen molar-refractivity contribution < 1.29 is 4.74 Å². The lowest BCUT2D eigenvalue weighted by atomic mass is 10.1. The second-order valence-electron chi connectivity index (χ2n) is 4.27. The van der Waals surface area contributed by atoms with Gasteiger partial charge in [0.05, 0.1) is 23.7 Å². The van der Waals surface area contributed by atoms with E-state index in [2.05, 4.69) is 23.0 Å². The minimum atomic E-state index is -0.126. The minimum Gasteiger partial charge on any atom is -0.493 e. The summed E-state index contributed by atoms with van der Waals surface area (Å²) in [5.41, 5.74) is 1.87. The van der Waals surface area contributed by atoms with Crippen LogP contribution in [-0.4, -0.2) is 24.5 Å². The van der Waals surface area contributed by atoms with E-state index in [4.69, 9.17) is 4.74 Å². The van der Waals surface area contributed by atoms with Crippen molar-refractivity contribution in [3.63, 3.8) is 0 Å². The average Bonchev–Trinajstić information content (AvgIpc) is 2.80. The molecule has 0 saturated heterocycles. The van der Waals surface area contributed by atoms with Crippen LogP contribution in [0.4, 0.5) is 5.69 Å². The molecular formula is C15H20N2O2S. The molecule has 108 valence electrons. The molecule has 0 saturated carbocycles. The van der Waals surface area contributed by atoms with Gasteiger partial charge in [-0.1, -0.05) is 13.8 Å². The molecule has 1 aromatic heterocycles. The van der Waals surface area contributed by atoms with Gasteiger partial charge in [-0.25, -0.2) is 0 Å². The Morgan fingerprint density at radius 1 is 1.35 bits per heavy atom. The quantitative estimate of drug-likeness (QED) is 0.921. The summed E-state index contributed by atoms with van der Waals surface area (Å²) in [5, 5.41) is 0.970. The number of hydrogen-bond donors (Lipinski definition) is 1. The molecule has 0 atom stereocenters. The molecule has 20 heavy (non-hydrogen) atoms. The fraction of sp³-hybridized carbons (Fsp3) is 0.400. The van der Waals surface area contributed by atoms with Gasteiger partial charge >= 0.3 is 0 Å². The summed E-state index contributed by atoms with van der Waals surface area (Å²) in [4.78, 5) is 17.9. The van der Waals surface area contributed by atoms with E-state index in [0.29, 0.717) is 12.4 Å². The highest BCUT2D eigenvalue weighted by molar-refractivity contribution is 7.99. The predicted molar refractivity (Wildman–Crippen MR) is 86.2 cm³/mol. The van der Waals surface area contributed by atoms with Gasteiger partial charge in [0, 0.05) is 23.4 Å². The van der Waals surface area contributed by atoms with Gasteiger partial charge in [0.25, 0.3) is 5.56 Å². The minimum absolute atomic E-state index is 0.126. The normalized spacial score (nSPS) is 12.9. The number of nitrogens with one attached hydrogen (secondary N) is 1. The third-order valence-electron chi connectivity index (χ3n) is 3.01. The number of rotatable bonds is 2. The van der Waals surface area contributed by atoms with Gasteiger partial charge in [-0.15, -0.1) is 11.8 Å². The molecule has 1 aromatic carbocycles. The second-order valence-corrected chi connectivity index (χ2v) is 5.25. The van der Waals surface area contributed by atoms with Gasteiger partial charge in [-0.3, -0.25) is 4.79 Å². The number of fused-ring (bicyclic) bond motifs is 2. The van der Waals surface area contributed by atoms with E-state index < -0.39 is 0 Å². The first-order valence-corrected chi connectivity index (χ1v) is 7.85. The van der Waals surface area contributed by atoms with Gasteiger partial charge in [-0.2, -0.15) is 0 Å². The summed E-state index contributed by atoms with van der Waals surface area (Å²) in [6.45, 7) is 6.48. The molecule has 1 aliphatic rings. The summed E-state index contributed by atoms with van der Waals surface area (Å²) >= 11 is 1.80. The number of ether oxygens (including phenoxy) is 1. The van der Waals surface area contributed by atoms with Gasteiger partial charge in [0.1, 0.15) is 5.75 Å². The Hall–Kier alpha value is -1.62. The first kappa shape index (κ1) is 14.8. The van der Waals surface area contributed by atoms with E-state index in [0.717, 1.165) is 22.5 Å². The standard InChI is InChI=1S/C13H14N2O2S.C2H6/c1-3-17-11-6-13(16)14-9-5-10-12(4-8(9)11)18-7-15(10)2;1-2/h4-6H,3,7H2,1-2H3,(H,14,16);1-2H3. The highest BCUT2D eigenvalue weighted by atomic mass is 32.2. The van der Waals surface area contributed by atoms with Crippen molar-refractivity contribution in [2.45, 2.75) is 25.7 Å². The van der Waals surface area contributed by atoms with E-state index >= 15 is 0 Å². The highest BCUT2D eigenvalue weighted by Gasteiger charge is 2.18. The zero-order chi connectivity index (χ0) is 14.7. The van der Waals surface area contributed by atoms with Crippen LogP contribution in [0.2, 0.25) is 0 Å². The fourth-order valence-corrected chi connectivity index (χ4v) is 3.20. The van der Waals surface area contributed by atoms with Crippen molar-refractivity contribution in [3.8, 4) is 5.75 Å². The zero-order valence-electron chi connectivity index (χ0n) is 12.3.